The van der Waals surface area contributed by atoms with Crippen LogP contribution in [0.25, 0.3) is 6.08 Å². The Balaban J connectivity index is 1.64. The van der Waals surface area contributed by atoms with E-state index in [0.717, 1.165) is 44.6 Å². The molecule has 2 aromatic rings. The first-order valence-corrected chi connectivity index (χ1v) is 12.2. The van der Waals surface area contributed by atoms with Crippen LogP contribution in [0.15, 0.2) is 79.3 Å². The molecular formula is C23H18Br2N2OS. The molecule has 1 unspecified atom stereocenters. The van der Waals surface area contributed by atoms with Crippen LogP contribution in [0.5, 0.6) is 0 Å². The van der Waals surface area contributed by atoms with E-state index in [2.05, 4.69) is 86.5 Å². The molecule has 0 aromatic heterocycles. The minimum atomic E-state index is -0.0540. The Labute approximate surface area is 191 Å². The number of hydrogen-bond acceptors (Lipinski definition) is 3. The molecule has 29 heavy (non-hydrogen) atoms. The van der Waals surface area contributed by atoms with Gasteiger partial charge < -0.3 is 0 Å². The van der Waals surface area contributed by atoms with Crippen LogP contribution < -0.4 is 0 Å². The van der Waals surface area contributed by atoms with E-state index in [-0.39, 0.29) is 11.9 Å². The van der Waals surface area contributed by atoms with Crippen LogP contribution in [-0.4, -0.2) is 21.7 Å². The Hall–Kier alpha value is -1.63. The van der Waals surface area contributed by atoms with Crippen molar-refractivity contribution in [3.05, 3.63) is 85.4 Å². The number of amides is 1. The predicted molar refractivity (Wildman–Crippen MR) is 127 cm³/mol. The second-order valence-corrected chi connectivity index (χ2v) is 10.1. The van der Waals surface area contributed by atoms with Gasteiger partial charge in [0.25, 0.3) is 0 Å². The fourth-order valence-corrected chi connectivity index (χ4v) is 5.60. The number of aliphatic imine (C=N–C) groups is 1. The Kier molecular flexibility index (Phi) is 5.26. The third kappa shape index (κ3) is 3.66. The summed E-state index contributed by atoms with van der Waals surface area (Å²) in [6.45, 7) is 0. The molecule has 1 amide bonds. The minimum Gasteiger partial charge on any atom is -0.279 e. The van der Waals surface area contributed by atoms with Crippen molar-refractivity contribution in [3.63, 3.8) is 0 Å². The van der Waals surface area contributed by atoms with Gasteiger partial charge in [-0.25, -0.2) is 4.99 Å². The third-order valence-electron chi connectivity index (χ3n) is 5.49. The molecule has 0 radical (unpaired) electrons. The molecule has 1 aliphatic carbocycles. The van der Waals surface area contributed by atoms with Gasteiger partial charge in [-0.3, -0.25) is 9.69 Å². The zero-order chi connectivity index (χ0) is 20.0. The zero-order valence-electron chi connectivity index (χ0n) is 15.6. The summed E-state index contributed by atoms with van der Waals surface area (Å²) in [6.07, 6.45) is 5.31. The lowest BCUT2D eigenvalue weighted by molar-refractivity contribution is -0.125. The number of hydrogen-bond donors (Lipinski definition) is 0. The highest BCUT2D eigenvalue weighted by Crippen LogP contribution is 2.47. The lowest BCUT2D eigenvalue weighted by atomic mass is 9.83. The van der Waals surface area contributed by atoms with Crippen molar-refractivity contribution in [2.45, 2.75) is 25.3 Å². The second-order valence-electron chi connectivity index (χ2n) is 7.35. The molecule has 0 saturated carbocycles. The van der Waals surface area contributed by atoms with Crippen molar-refractivity contribution in [1.82, 2.24) is 4.90 Å². The maximum atomic E-state index is 12.7. The number of nitrogens with zero attached hydrogens (tertiary/aromatic N) is 2. The summed E-state index contributed by atoms with van der Waals surface area (Å²) in [6, 6.07) is 16.6. The average molecular weight is 530 g/mol. The number of rotatable bonds is 2. The SMILES string of the molecule is O=C1CSC2=NC3=C(CCCC3=Cc3ccc(Br)cc3)C(c3ccc(Br)cc3)N12. The Morgan fingerprint density at radius 2 is 1.69 bits per heavy atom. The van der Waals surface area contributed by atoms with Crippen LogP contribution in [0.3, 0.4) is 0 Å². The molecule has 2 aliphatic heterocycles. The Bertz CT molecular complexity index is 1070. The van der Waals surface area contributed by atoms with Crippen molar-refractivity contribution in [2.75, 3.05) is 5.75 Å². The van der Waals surface area contributed by atoms with Gasteiger partial charge in [-0.15, -0.1) is 0 Å². The van der Waals surface area contributed by atoms with Gasteiger partial charge in [-0.1, -0.05) is 67.9 Å². The molecule has 5 rings (SSSR count). The van der Waals surface area contributed by atoms with E-state index in [9.17, 15) is 4.79 Å². The molecule has 3 aliphatic rings. The second kappa shape index (κ2) is 7.89. The molecule has 1 fully saturated rings. The van der Waals surface area contributed by atoms with Crippen LogP contribution in [-0.2, 0) is 4.79 Å². The van der Waals surface area contributed by atoms with Crippen LogP contribution in [0.1, 0.15) is 36.4 Å². The first-order chi connectivity index (χ1) is 14.1. The molecule has 146 valence electrons. The number of carbonyl (C=O) groups is 1. The standard InChI is InChI=1S/C23H18Br2N2OS/c24-17-8-4-14(5-9-17)12-16-2-1-3-19-21(16)26-23-27(20(28)13-29-23)22(19)15-6-10-18(25)11-7-15/h4-12,22H,1-3,13H2. The van der Waals surface area contributed by atoms with Gasteiger partial charge in [0, 0.05) is 8.95 Å². The summed E-state index contributed by atoms with van der Waals surface area (Å²) >= 11 is 8.58. The number of thioether (sulfide) groups is 1. The van der Waals surface area contributed by atoms with Crippen molar-refractivity contribution in [2.24, 2.45) is 4.99 Å². The van der Waals surface area contributed by atoms with E-state index in [1.807, 2.05) is 4.90 Å². The van der Waals surface area contributed by atoms with Crippen LogP contribution in [0.4, 0.5) is 0 Å². The topological polar surface area (TPSA) is 32.7 Å². The number of benzene rings is 2. The Morgan fingerprint density at radius 1 is 1.00 bits per heavy atom. The summed E-state index contributed by atoms with van der Waals surface area (Å²) in [7, 11) is 0. The van der Waals surface area contributed by atoms with Gasteiger partial charge in [-0.2, -0.15) is 0 Å². The van der Waals surface area contributed by atoms with Gasteiger partial charge in [0.05, 0.1) is 17.5 Å². The van der Waals surface area contributed by atoms with Crippen molar-refractivity contribution < 1.29 is 4.79 Å². The lowest BCUT2D eigenvalue weighted by Crippen LogP contribution is -2.38. The maximum absolute atomic E-state index is 12.7. The lowest BCUT2D eigenvalue weighted by Gasteiger charge is -2.37. The quantitative estimate of drug-likeness (QED) is 0.432. The number of fused-ring (bicyclic) bond motifs is 1. The van der Waals surface area contributed by atoms with Crippen LogP contribution in [0, 0.1) is 0 Å². The molecule has 0 spiro atoms. The van der Waals surface area contributed by atoms with Crippen molar-refractivity contribution in [3.8, 4) is 0 Å². The highest BCUT2D eigenvalue weighted by Gasteiger charge is 2.42. The predicted octanol–water partition coefficient (Wildman–Crippen LogP) is 6.72. The molecule has 3 nitrogen and oxygen atoms in total. The largest absolute Gasteiger partial charge is 0.279 e. The van der Waals surface area contributed by atoms with Crippen molar-refractivity contribution >= 4 is 60.8 Å². The summed E-state index contributed by atoms with van der Waals surface area (Å²) < 4.78 is 2.12. The van der Waals surface area contributed by atoms with E-state index in [4.69, 9.17) is 4.99 Å². The molecular weight excluding hydrogens is 512 g/mol. The smallest absolute Gasteiger partial charge is 0.239 e. The number of carbonyl (C=O) groups excluding carboxylic acids is 1. The van der Waals surface area contributed by atoms with E-state index in [1.54, 1.807) is 11.8 Å². The molecule has 0 N–H and O–H groups in total. The van der Waals surface area contributed by atoms with E-state index >= 15 is 0 Å². The summed E-state index contributed by atoms with van der Waals surface area (Å²) in [4.78, 5) is 19.6. The fourth-order valence-electron chi connectivity index (χ4n) is 4.18. The minimum absolute atomic E-state index is 0.0540. The summed E-state index contributed by atoms with van der Waals surface area (Å²) in [5, 5.41) is 0.838. The third-order valence-corrected chi connectivity index (χ3v) is 7.49. The monoisotopic (exact) mass is 528 g/mol. The first kappa shape index (κ1) is 19.3. The summed E-state index contributed by atoms with van der Waals surface area (Å²) in [5.41, 5.74) is 5.94. The van der Waals surface area contributed by atoms with Crippen molar-refractivity contribution in [1.29, 1.82) is 0 Å². The summed E-state index contributed by atoms with van der Waals surface area (Å²) in [5.74, 6) is 0.621. The molecule has 2 aromatic carbocycles. The number of allylic oxidation sites excluding steroid dienone is 1. The molecule has 1 atom stereocenters. The normalized spacial score (nSPS) is 22.6. The first-order valence-electron chi connectivity index (χ1n) is 9.59. The van der Waals surface area contributed by atoms with Gasteiger partial charge in [-0.05, 0) is 71.9 Å². The van der Waals surface area contributed by atoms with E-state index < -0.39 is 0 Å². The zero-order valence-corrected chi connectivity index (χ0v) is 19.6. The Morgan fingerprint density at radius 3 is 2.41 bits per heavy atom. The van der Waals surface area contributed by atoms with Gasteiger partial charge >= 0.3 is 0 Å². The average Bonchev–Trinajstić information content (AvgIpc) is 3.10. The highest BCUT2D eigenvalue weighted by molar-refractivity contribution is 9.10. The van der Waals surface area contributed by atoms with Gasteiger partial charge in [0.15, 0.2) is 5.17 Å². The molecule has 0 bridgehead atoms. The van der Waals surface area contributed by atoms with Crippen LogP contribution in [0.2, 0.25) is 0 Å². The van der Waals surface area contributed by atoms with Gasteiger partial charge in [0.1, 0.15) is 0 Å². The molecule has 1 saturated heterocycles. The molecule has 2 heterocycles. The fraction of sp³-hybridized carbons (Fsp3) is 0.217. The number of halogens is 2. The highest BCUT2D eigenvalue weighted by atomic mass is 79.9. The van der Waals surface area contributed by atoms with E-state index in [1.165, 1.54) is 16.7 Å². The number of amidine groups is 1. The van der Waals surface area contributed by atoms with E-state index in [0.29, 0.717) is 5.75 Å². The maximum Gasteiger partial charge on any atom is 0.239 e. The van der Waals surface area contributed by atoms with Crippen LogP contribution >= 0.6 is 43.6 Å². The molecule has 6 heteroatoms. The van der Waals surface area contributed by atoms with Gasteiger partial charge in [0.2, 0.25) is 5.91 Å².